The fourth-order valence-electron chi connectivity index (χ4n) is 2.21. The number of nitrogens with one attached hydrogen (secondary N) is 1. The van der Waals surface area contributed by atoms with Gasteiger partial charge in [0.1, 0.15) is 0 Å². The molecule has 92 valence electrons. The maximum atomic E-state index is 12.3. The van der Waals surface area contributed by atoms with Crippen LogP contribution in [0.3, 0.4) is 0 Å². The Kier molecular flexibility index (Phi) is 3.48. The number of benzene rings is 1. The zero-order valence-corrected chi connectivity index (χ0v) is 10.8. The van der Waals surface area contributed by atoms with Gasteiger partial charge in [-0.15, -0.1) is 0 Å². The number of carbonyl (C=O) groups excluding carboxylic acids is 1. The molecule has 0 radical (unpaired) electrons. The van der Waals surface area contributed by atoms with E-state index in [-0.39, 0.29) is 5.91 Å². The van der Waals surface area contributed by atoms with E-state index in [9.17, 15) is 4.79 Å². The average Bonchev–Trinajstić information content (AvgIpc) is 2.84. The van der Waals surface area contributed by atoms with Crippen molar-refractivity contribution in [2.75, 3.05) is 20.1 Å². The number of hydrogen-bond donors (Lipinski definition) is 1. The first-order valence-electron chi connectivity index (χ1n) is 6.14. The van der Waals surface area contributed by atoms with E-state index in [4.69, 9.17) is 0 Å². The van der Waals surface area contributed by atoms with Crippen molar-refractivity contribution in [3.63, 3.8) is 0 Å². The lowest BCUT2D eigenvalue weighted by atomic mass is 10.0. The molecule has 1 amide bonds. The summed E-state index contributed by atoms with van der Waals surface area (Å²) in [5, 5.41) is 3.29. The Morgan fingerprint density at radius 2 is 2.12 bits per heavy atom. The van der Waals surface area contributed by atoms with Crippen LogP contribution in [0, 0.1) is 13.8 Å². The van der Waals surface area contributed by atoms with E-state index in [1.54, 1.807) is 0 Å². The van der Waals surface area contributed by atoms with Crippen LogP contribution in [0.2, 0.25) is 0 Å². The molecule has 0 spiro atoms. The van der Waals surface area contributed by atoms with Crippen LogP contribution in [0.15, 0.2) is 18.2 Å². The molecular formula is C14H20N2O. The van der Waals surface area contributed by atoms with Gasteiger partial charge in [0.05, 0.1) is 0 Å². The number of rotatable bonds is 2. The Labute approximate surface area is 103 Å². The molecule has 2 rings (SSSR count). The molecule has 3 nitrogen and oxygen atoms in total. The monoisotopic (exact) mass is 232 g/mol. The number of nitrogens with zero attached hydrogens (tertiary/aromatic N) is 1. The van der Waals surface area contributed by atoms with Crippen LogP contribution < -0.4 is 5.32 Å². The van der Waals surface area contributed by atoms with Crippen LogP contribution in [-0.2, 0) is 0 Å². The largest absolute Gasteiger partial charge is 0.337 e. The van der Waals surface area contributed by atoms with Gasteiger partial charge >= 0.3 is 0 Å². The first-order chi connectivity index (χ1) is 8.09. The second-order valence-electron chi connectivity index (χ2n) is 4.86. The lowest BCUT2D eigenvalue weighted by molar-refractivity contribution is 0.0743. The highest BCUT2D eigenvalue weighted by atomic mass is 16.2. The molecule has 1 fully saturated rings. The van der Waals surface area contributed by atoms with Crippen molar-refractivity contribution >= 4 is 5.91 Å². The van der Waals surface area contributed by atoms with Crippen LogP contribution in [0.4, 0.5) is 0 Å². The van der Waals surface area contributed by atoms with Gasteiger partial charge in [-0.3, -0.25) is 4.79 Å². The zero-order valence-electron chi connectivity index (χ0n) is 10.8. The van der Waals surface area contributed by atoms with Crippen molar-refractivity contribution in [1.82, 2.24) is 10.2 Å². The second-order valence-corrected chi connectivity index (χ2v) is 4.86. The molecule has 1 aliphatic heterocycles. The van der Waals surface area contributed by atoms with Crippen LogP contribution in [0.5, 0.6) is 0 Å². The Balaban J connectivity index is 2.15. The molecule has 1 aliphatic rings. The summed E-state index contributed by atoms with van der Waals surface area (Å²) < 4.78 is 0. The van der Waals surface area contributed by atoms with Gasteiger partial charge in [0.25, 0.3) is 5.91 Å². The van der Waals surface area contributed by atoms with Gasteiger partial charge < -0.3 is 10.2 Å². The summed E-state index contributed by atoms with van der Waals surface area (Å²) in [6.45, 7) is 6.03. The maximum absolute atomic E-state index is 12.3. The van der Waals surface area contributed by atoms with Gasteiger partial charge in [-0.2, -0.15) is 0 Å². The van der Waals surface area contributed by atoms with Crippen molar-refractivity contribution in [3.8, 4) is 0 Å². The summed E-state index contributed by atoms with van der Waals surface area (Å²) in [5.41, 5.74) is 3.20. The molecule has 1 atom stereocenters. The minimum atomic E-state index is 0.127. The molecule has 3 heteroatoms. The molecule has 1 aromatic carbocycles. The van der Waals surface area contributed by atoms with Crippen molar-refractivity contribution in [2.45, 2.75) is 26.3 Å². The fraction of sp³-hybridized carbons (Fsp3) is 0.500. The summed E-state index contributed by atoms with van der Waals surface area (Å²) in [5.74, 6) is 0.127. The van der Waals surface area contributed by atoms with Gasteiger partial charge in [-0.05, 0) is 50.1 Å². The molecule has 0 bridgehead atoms. The molecule has 0 unspecified atom stereocenters. The molecule has 1 aromatic rings. The first-order valence-corrected chi connectivity index (χ1v) is 6.14. The molecule has 1 heterocycles. The predicted octanol–water partition coefficient (Wildman–Crippen LogP) is 1.74. The first kappa shape index (κ1) is 12.1. The van der Waals surface area contributed by atoms with Crippen molar-refractivity contribution < 1.29 is 4.79 Å². The van der Waals surface area contributed by atoms with E-state index in [1.807, 2.05) is 37.1 Å². The van der Waals surface area contributed by atoms with E-state index in [0.29, 0.717) is 6.04 Å². The number of carbonyl (C=O) groups is 1. The Morgan fingerprint density at radius 1 is 1.35 bits per heavy atom. The van der Waals surface area contributed by atoms with E-state index in [2.05, 4.69) is 12.2 Å². The third kappa shape index (κ3) is 2.50. The molecule has 0 aliphatic carbocycles. The highest BCUT2D eigenvalue weighted by Crippen LogP contribution is 2.14. The third-order valence-electron chi connectivity index (χ3n) is 3.66. The smallest absolute Gasteiger partial charge is 0.253 e. The average molecular weight is 232 g/mol. The zero-order chi connectivity index (χ0) is 12.4. The lowest BCUT2D eigenvalue weighted by Crippen LogP contribution is -2.38. The molecule has 17 heavy (non-hydrogen) atoms. The summed E-state index contributed by atoms with van der Waals surface area (Å²) >= 11 is 0. The molecule has 0 aromatic heterocycles. The van der Waals surface area contributed by atoms with Crippen LogP contribution in [0.25, 0.3) is 0 Å². The van der Waals surface area contributed by atoms with Gasteiger partial charge in [0, 0.05) is 25.2 Å². The fourth-order valence-corrected chi connectivity index (χ4v) is 2.21. The lowest BCUT2D eigenvalue weighted by Gasteiger charge is -2.24. The highest BCUT2D eigenvalue weighted by molar-refractivity contribution is 5.94. The minimum absolute atomic E-state index is 0.127. The van der Waals surface area contributed by atoms with Gasteiger partial charge in [-0.1, -0.05) is 6.07 Å². The topological polar surface area (TPSA) is 32.3 Å². The summed E-state index contributed by atoms with van der Waals surface area (Å²) in [4.78, 5) is 14.2. The van der Waals surface area contributed by atoms with E-state index in [1.165, 1.54) is 11.1 Å². The Hall–Kier alpha value is -1.35. The number of aryl methyl sites for hydroxylation is 2. The van der Waals surface area contributed by atoms with Crippen molar-refractivity contribution in [1.29, 1.82) is 0 Å². The van der Waals surface area contributed by atoms with Crippen molar-refractivity contribution in [2.24, 2.45) is 0 Å². The van der Waals surface area contributed by atoms with Gasteiger partial charge in [0.15, 0.2) is 0 Å². The van der Waals surface area contributed by atoms with Gasteiger partial charge in [0.2, 0.25) is 0 Å². The van der Waals surface area contributed by atoms with E-state index < -0.39 is 0 Å². The normalized spacial score (nSPS) is 19.4. The molecule has 1 N–H and O–H groups in total. The molecule has 1 saturated heterocycles. The quantitative estimate of drug-likeness (QED) is 0.842. The van der Waals surface area contributed by atoms with Crippen LogP contribution >= 0.6 is 0 Å². The predicted molar refractivity (Wildman–Crippen MR) is 69.3 cm³/mol. The summed E-state index contributed by atoms with van der Waals surface area (Å²) in [7, 11) is 1.90. The SMILES string of the molecule is Cc1ccc(C(=O)N(C)[C@@H]2CCNC2)cc1C. The molecular weight excluding hydrogens is 212 g/mol. The second kappa shape index (κ2) is 4.88. The Morgan fingerprint density at radius 3 is 2.71 bits per heavy atom. The number of likely N-dealkylation sites (N-methyl/N-ethyl adjacent to an activating group) is 1. The van der Waals surface area contributed by atoms with E-state index >= 15 is 0 Å². The molecule has 0 saturated carbocycles. The Bertz CT molecular complexity index is 422. The summed E-state index contributed by atoms with van der Waals surface area (Å²) in [6, 6.07) is 6.26. The number of amides is 1. The third-order valence-corrected chi connectivity index (χ3v) is 3.66. The minimum Gasteiger partial charge on any atom is -0.337 e. The van der Waals surface area contributed by atoms with Crippen molar-refractivity contribution in [3.05, 3.63) is 34.9 Å². The summed E-state index contributed by atoms with van der Waals surface area (Å²) in [6.07, 6.45) is 1.05. The van der Waals surface area contributed by atoms with Crippen LogP contribution in [0.1, 0.15) is 27.9 Å². The van der Waals surface area contributed by atoms with E-state index in [0.717, 1.165) is 25.1 Å². The number of hydrogen-bond acceptors (Lipinski definition) is 2. The van der Waals surface area contributed by atoms with Gasteiger partial charge in [-0.25, -0.2) is 0 Å². The highest BCUT2D eigenvalue weighted by Gasteiger charge is 2.23. The van der Waals surface area contributed by atoms with Crippen LogP contribution in [-0.4, -0.2) is 37.0 Å². The maximum Gasteiger partial charge on any atom is 0.253 e. The standard InChI is InChI=1S/C14H20N2O/c1-10-4-5-12(8-11(10)2)14(17)16(3)13-6-7-15-9-13/h4-5,8,13,15H,6-7,9H2,1-3H3/t13-/m1/s1.